The van der Waals surface area contributed by atoms with E-state index in [1.54, 1.807) is 18.2 Å². The van der Waals surface area contributed by atoms with Crippen LogP contribution in [0.1, 0.15) is 31.4 Å². The predicted molar refractivity (Wildman–Crippen MR) is 163 cm³/mol. The van der Waals surface area contributed by atoms with Crippen LogP contribution >= 0.6 is 0 Å². The molecule has 216 valence electrons. The number of fused-ring (bicyclic) bond motifs is 1. The zero-order valence-corrected chi connectivity index (χ0v) is 24.6. The van der Waals surface area contributed by atoms with Gasteiger partial charge in [-0.2, -0.15) is 4.31 Å². The van der Waals surface area contributed by atoms with Crippen molar-refractivity contribution in [2.75, 3.05) is 20.1 Å². The van der Waals surface area contributed by atoms with Gasteiger partial charge in [0.1, 0.15) is 0 Å². The topological polar surface area (TPSA) is 107 Å². The number of aryl methyl sites for hydroxylation is 1. The first-order valence-corrected chi connectivity index (χ1v) is 15.2. The molecule has 4 aromatic carbocycles. The van der Waals surface area contributed by atoms with Crippen LogP contribution in [0.2, 0.25) is 0 Å². The molecule has 0 radical (unpaired) electrons. The molecule has 0 spiro atoms. The van der Waals surface area contributed by atoms with Crippen molar-refractivity contribution in [3.8, 4) is 11.1 Å². The molecule has 0 bridgehead atoms. The van der Waals surface area contributed by atoms with E-state index in [-0.39, 0.29) is 29.9 Å². The Kier molecular flexibility index (Phi) is 9.60. The van der Waals surface area contributed by atoms with Gasteiger partial charge in [-0.25, -0.2) is 8.42 Å². The quantitative estimate of drug-likeness (QED) is 0.205. The van der Waals surface area contributed by atoms with E-state index in [0.29, 0.717) is 6.42 Å². The molecule has 0 aliphatic rings. The fourth-order valence-electron chi connectivity index (χ4n) is 4.91. The second kappa shape index (κ2) is 13.0. The summed E-state index contributed by atoms with van der Waals surface area (Å²) in [7, 11) is -2.36. The van der Waals surface area contributed by atoms with E-state index in [4.69, 9.17) is 5.11 Å². The largest absolute Gasteiger partial charge is 0.481 e. The Balaban J connectivity index is 1.35. The van der Waals surface area contributed by atoms with E-state index < -0.39 is 22.1 Å². The Morgan fingerprint density at radius 1 is 0.878 bits per heavy atom. The molecule has 4 aromatic rings. The van der Waals surface area contributed by atoms with Gasteiger partial charge in [0.15, 0.2) is 0 Å². The van der Waals surface area contributed by atoms with Crippen LogP contribution in [-0.4, -0.2) is 60.7 Å². The Morgan fingerprint density at radius 2 is 1.56 bits per heavy atom. The lowest BCUT2D eigenvalue weighted by Crippen LogP contribution is -2.47. The second-order valence-electron chi connectivity index (χ2n) is 11.2. The number of nitrogens with zero attached hydrogens (tertiary/aromatic N) is 1. The number of sulfonamides is 1. The molecule has 3 N–H and O–H groups in total. The van der Waals surface area contributed by atoms with E-state index >= 15 is 0 Å². The fourth-order valence-corrected chi connectivity index (χ4v) is 6.16. The van der Waals surface area contributed by atoms with Gasteiger partial charge in [0.05, 0.1) is 11.0 Å². The van der Waals surface area contributed by atoms with Crippen LogP contribution in [-0.2, 0) is 27.7 Å². The van der Waals surface area contributed by atoms with Gasteiger partial charge in [0.25, 0.3) is 0 Å². The number of benzene rings is 4. The van der Waals surface area contributed by atoms with Crippen molar-refractivity contribution >= 4 is 26.8 Å². The number of carbonyl (C=O) groups is 1. The molecule has 0 saturated heterocycles. The standard InChI is InChI=1S/C33H38N2O5S/c1-33(2,21-25-13-17-26-7-4-5-8-28(26)19-25)34-22-30(36)23-35(3)41(39,40)31-10-6-9-29(20-31)27-15-11-24(12-16-27)14-18-32(37)38/h4-13,15-17,19-20,30,34,36H,14,18,21-23H2,1-3H3,(H,37,38). The first kappa shape index (κ1) is 30.4. The molecule has 8 heteroatoms. The fraction of sp³-hybridized carbons (Fsp3) is 0.303. The van der Waals surface area contributed by atoms with E-state index in [9.17, 15) is 18.3 Å². The van der Waals surface area contributed by atoms with Crippen molar-refractivity contribution in [1.82, 2.24) is 9.62 Å². The molecule has 0 aliphatic heterocycles. The number of hydrogen-bond donors (Lipinski definition) is 3. The summed E-state index contributed by atoms with van der Waals surface area (Å²) in [5.74, 6) is -0.846. The van der Waals surface area contributed by atoms with Gasteiger partial charge in [0.2, 0.25) is 10.0 Å². The highest BCUT2D eigenvalue weighted by Gasteiger charge is 2.25. The maximum absolute atomic E-state index is 13.3. The van der Waals surface area contributed by atoms with Crippen LogP contribution in [0.4, 0.5) is 0 Å². The number of β-amino-alcohol motifs (C(OH)–C–C–N with tert-alkyl or cyclic N) is 1. The molecule has 0 heterocycles. The Hall–Kier alpha value is -3.56. The average Bonchev–Trinajstić information content (AvgIpc) is 2.95. The molecule has 1 atom stereocenters. The van der Waals surface area contributed by atoms with Gasteiger partial charge in [-0.1, -0.05) is 78.9 Å². The lowest BCUT2D eigenvalue weighted by atomic mass is 9.93. The van der Waals surface area contributed by atoms with E-state index in [0.717, 1.165) is 23.1 Å². The summed E-state index contributed by atoms with van der Waals surface area (Å²) < 4.78 is 27.9. The van der Waals surface area contributed by atoms with Gasteiger partial charge >= 0.3 is 5.97 Å². The summed E-state index contributed by atoms with van der Waals surface area (Å²) in [6.07, 6.45) is 0.355. The van der Waals surface area contributed by atoms with Gasteiger partial charge in [-0.15, -0.1) is 0 Å². The zero-order valence-electron chi connectivity index (χ0n) is 23.7. The number of nitrogens with one attached hydrogen (secondary N) is 1. The third-order valence-corrected chi connectivity index (χ3v) is 9.02. The molecule has 0 saturated carbocycles. The Morgan fingerprint density at radius 3 is 2.27 bits per heavy atom. The first-order chi connectivity index (χ1) is 19.4. The molecule has 41 heavy (non-hydrogen) atoms. The van der Waals surface area contributed by atoms with Crippen LogP contribution in [0, 0.1) is 0 Å². The number of carboxylic acids is 1. The lowest BCUT2D eigenvalue weighted by Gasteiger charge is -2.29. The zero-order chi connectivity index (χ0) is 29.6. The minimum absolute atomic E-state index is 0.0517. The van der Waals surface area contributed by atoms with Crippen molar-refractivity contribution in [3.63, 3.8) is 0 Å². The SMILES string of the molecule is CN(CC(O)CNC(C)(C)Cc1ccc2ccccc2c1)S(=O)(=O)c1cccc(-c2ccc(CCC(=O)O)cc2)c1. The monoisotopic (exact) mass is 574 g/mol. The molecule has 0 aliphatic carbocycles. The summed E-state index contributed by atoms with van der Waals surface area (Å²) in [6, 6.07) is 28.8. The number of hydrogen-bond acceptors (Lipinski definition) is 5. The van der Waals surface area contributed by atoms with Crippen molar-refractivity contribution in [3.05, 3.63) is 102 Å². The Bertz CT molecular complexity index is 1600. The van der Waals surface area contributed by atoms with Crippen LogP contribution in [0.5, 0.6) is 0 Å². The van der Waals surface area contributed by atoms with Crippen molar-refractivity contribution < 1.29 is 23.4 Å². The van der Waals surface area contributed by atoms with Crippen LogP contribution in [0.15, 0.2) is 95.9 Å². The summed E-state index contributed by atoms with van der Waals surface area (Å²) in [5.41, 5.74) is 3.36. The number of aliphatic hydroxyl groups is 1. The molecule has 7 nitrogen and oxygen atoms in total. The number of carboxylic acid groups (broad SMARTS) is 1. The van der Waals surface area contributed by atoms with E-state index in [2.05, 4.69) is 49.5 Å². The summed E-state index contributed by atoms with van der Waals surface area (Å²) >= 11 is 0. The van der Waals surface area contributed by atoms with Gasteiger partial charge in [-0.05, 0) is 71.8 Å². The van der Waals surface area contributed by atoms with Crippen LogP contribution < -0.4 is 5.32 Å². The Labute approximate surface area is 242 Å². The van der Waals surface area contributed by atoms with Crippen LogP contribution in [0.25, 0.3) is 21.9 Å². The first-order valence-electron chi connectivity index (χ1n) is 13.7. The second-order valence-corrected chi connectivity index (χ2v) is 13.2. The normalized spacial score (nSPS) is 13.0. The third kappa shape index (κ3) is 8.24. The van der Waals surface area contributed by atoms with Crippen molar-refractivity contribution in [1.29, 1.82) is 0 Å². The highest BCUT2D eigenvalue weighted by Crippen LogP contribution is 2.25. The maximum atomic E-state index is 13.3. The van der Waals surface area contributed by atoms with E-state index in [1.165, 1.54) is 27.7 Å². The molecule has 0 fully saturated rings. The minimum Gasteiger partial charge on any atom is -0.481 e. The molecular weight excluding hydrogens is 536 g/mol. The van der Waals surface area contributed by atoms with Crippen molar-refractivity contribution in [2.45, 2.75) is 49.6 Å². The number of likely N-dealkylation sites (N-methyl/N-ethyl adjacent to an activating group) is 1. The van der Waals surface area contributed by atoms with Gasteiger partial charge in [-0.3, -0.25) is 4.79 Å². The molecular formula is C33H38N2O5S. The summed E-state index contributed by atoms with van der Waals surface area (Å²) in [5, 5.41) is 25.4. The smallest absolute Gasteiger partial charge is 0.303 e. The van der Waals surface area contributed by atoms with Gasteiger partial charge in [0, 0.05) is 32.1 Å². The van der Waals surface area contributed by atoms with E-state index in [1.807, 2.05) is 42.5 Å². The summed E-state index contributed by atoms with van der Waals surface area (Å²) in [4.78, 5) is 11.0. The average molecular weight is 575 g/mol. The van der Waals surface area contributed by atoms with Crippen LogP contribution in [0.3, 0.4) is 0 Å². The van der Waals surface area contributed by atoms with Crippen molar-refractivity contribution in [2.24, 2.45) is 0 Å². The molecule has 0 amide bonds. The molecule has 0 aromatic heterocycles. The lowest BCUT2D eigenvalue weighted by molar-refractivity contribution is -0.136. The summed E-state index contributed by atoms with van der Waals surface area (Å²) in [6.45, 7) is 4.33. The highest BCUT2D eigenvalue weighted by atomic mass is 32.2. The number of aliphatic hydroxyl groups excluding tert-OH is 1. The highest BCUT2D eigenvalue weighted by molar-refractivity contribution is 7.89. The molecule has 4 rings (SSSR count). The molecule has 1 unspecified atom stereocenters. The minimum atomic E-state index is -3.83. The predicted octanol–water partition coefficient (Wildman–Crippen LogP) is 5.12. The number of rotatable bonds is 13. The maximum Gasteiger partial charge on any atom is 0.303 e. The third-order valence-electron chi connectivity index (χ3n) is 7.20. The van der Waals surface area contributed by atoms with Gasteiger partial charge < -0.3 is 15.5 Å². The number of aliphatic carboxylic acids is 1.